The summed E-state index contributed by atoms with van der Waals surface area (Å²) in [6, 6.07) is 5.27. The summed E-state index contributed by atoms with van der Waals surface area (Å²) in [5.41, 5.74) is 0.585. The van der Waals surface area contributed by atoms with E-state index in [2.05, 4.69) is 33.2 Å². The van der Waals surface area contributed by atoms with Crippen LogP contribution >= 0.6 is 11.8 Å². The second kappa shape index (κ2) is 10.1. The maximum Gasteiger partial charge on any atom is 0.417 e. The fourth-order valence-corrected chi connectivity index (χ4v) is 3.76. The van der Waals surface area contributed by atoms with Gasteiger partial charge in [0.15, 0.2) is 0 Å². The fourth-order valence-electron chi connectivity index (χ4n) is 2.92. The molecule has 9 heteroatoms. The summed E-state index contributed by atoms with van der Waals surface area (Å²) in [5.74, 6) is 1.04. The van der Waals surface area contributed by atoms with E-state index in [1.165, 1.54) is 0 Å². The Bertz CT molecular complexity index is 985. The van der Waals surface area contributed by atoms with E-state index in [4.69, 9.17) is 0 Å². The van der Waals surface area contributed by atoms with Crippen molar-refractivity contribution in [1.82, 2.24) is 9.97 Å². The van der Waals surface area contributed by atoms with Crippen LogP contribution in [0.15, 0.2) is 36.0 Å². The third kappa shape index (κ3) is 5.50. The van der Waals surface area contributed by atoms with Crippen LogP contribution in [-0.2, 0) is 11.6 Å². The SMILES string of the molecule is C=C(Nc1cc(C(F)(F)F)cnc1NC)c1ncc(C2(C#N)CC2)cc1SCC.CC.[HH]. The minimum atomic E-state index is -4.50. The van der Waals surface area contributed by atoms with Gasteiger partial charge < -0.3 is 10.6 Å². The molecule has 1 fully saturated rings. The quantitative estimate of drug-likeness (QED) is 0.465. The molecule has 1 aliphatic carbocycles. The van der Waals surface area contributed by atoms with Gasteiger partial charge >= 0.3 is 6.18 Å². The van der Waals surface area contributed by atoms with E-state index in [0.29, 0.717) is 11.4 Å². The second-order valence-corrected chi connectivity index (χ2v) is 7.97. The van der Waals surface area contributed by atoms with Crippen LogP contribution in [0, 0.1) is 11.3 Å². The van der Waals surface area contributed by atoms with E-state index in [0.717, 1.165) is 41.3 Å². The first-order chi connectivity index (χ1) is 14.7. The van der Waals surface area contributed by atoms with E-state index < -0.39 is 17.2 Å². The number of anilines is 2. The van der Waals surface area contributed by atoms with Crippen LogP contribution in [0.3, 0.4) is 0 Å². The third-order valence-electron chi connectivity index (χ3n) is 4.69. The highest BCUT2D eigenvalue weighted by molar-refractivity contribution is 7.99. The summed E-state index contributed by atoms with van der Waals surface area (Å²) in [4.78, 5) is 9.14. The van der Waals surface area contributed by atoms with Crippen LogP contribution in [0.4, 0.5) is 24.7 Å². The van der Waals surface area contributed by atoms with Crippen LogP contribution < -0.4 is 10.6 Å². The van der Waals surface area contributed by atoms with Crippen molar-refractivity contribution >= 4 is 29.0 Å². The van der Waals surface area contributed by atoms with E-state index in [9.17, 15) is 18.4 Å². The minimum Gasteiger partial charge on any atom is -0.371 e. The standard InChI is InChI=1S/C20H20F3N5S.C2H6.H2/c1-4-29-16-8-13(19(11-24)5-6-19)9-26-17(16)12(2)28-15-7-14(20(21,22)23)10-27-18(15)25-3;1-2;/h7-10,28H,2,4-6H2,1,3H3,(H,25,27);1-2H3;1H. The first-order valence-electron chi connectivity index (χ1n) is 10.00. The smallest absolute Gasteiger partial charge is 0.371 e. The number of thioether (sulfide) groups is 1. The summed E-state index contributed by atoms with van der Waals surface area (Å²) in [5, 5.41) is 15.1. The van der Waals surface area contributed by atoms with E-state index >= 15 is 0 Å². The molecule has 1 saturated carbocycles. The number of hydrogen-bond acceptors (Lipinski definition) is 6. The highest BCUT2D eigenvalue weighted by atomic mass is 32.2. The van der Waals surface area contributed by atoms with Crippen LogP contribution in [0.25, 0.3) is 5.70 Å². The molecule has 168 valence electrons. The molecule has 2 aromatic heterocycles. The Morgan fingerprint density at radius 2 is 1.97 bits per heavy atom. The van der Waals surface area contributed by atoms with Crippen LogP contribution in [0.1, 0.15) is 51.9 Å². The van der Waals surface area contributed by atoms with Crippen molar-refractivity contribution in [2.24, 2.45) is 0 Å². The summed E-state index contributed by atoms with van der Waals surface area (Å²) in [6.45, 7) is 9.96. The van der Waals surface area contributed by atoms with Gasteiger partial charge in [0.25, 0.3) is 0 Å². The minimum absolute atomic E-state index is 0. The van der Waals surface area contributed by atoms with E-state index in [-0.39, 0.29) is 12.9 Å². The molecule has 0 unspecified atom stereocenters. The number of aromatic nitrogens is 2. The number of halogens is 3. The summed E-state index contributed by atoms with van der Waals surface area (Å²) in [6.07, 6.45) is -0.456. The molecule has 1 aliphatic rings. The number of pyridine rings is 2. The van der Waals surface area contributed by atoms with Gasteiger partial charge in [-0.15, -0.1) is 11.8 Å². The summed E-state index contributed by atoms with van der Waals surface area (Å²) in [7, 11) is 1.58. The Hall–Kier alpha value is -2.73. The average Bonchev–Trinajstić information content (AvgIpc) is 3.56. The number of hydrogen-bond donors (Lipinski definition) is 2. The van der Waals surface area contributed by atoms with Crippen LogP contribution in [0.2, 0.25) is 0 Å². The Kier molecular flexibility index (Phi) is 7.96. The predicted octanol–water partition coefficient (Wildman–Crippen LogP) is 6.56. The highest BCUT2D eigenvalue weighted by Gasteiger charge is 2.45. The molecule has 2 N–H and O–H groups in total. The summed E-state index contributed by atoms with van der Waals surface area (Å²) < 4.78 is 39.2. The van der Waals surface area contributed by atoms with Gasteiger partial charge in [0.1, 0.15) is 5.82 Å². The van der Waals surface area contributed by atoms with Gasteiger partial charge in [0.2, 0.25) is 0 Å². The first kappa shape index (κ1) is 24.5. The van der Waals surface area contributed by atoms with Gasteiger partial charge in [0, 0.05) is 25.8 Å². The van der Waals surface area contributed by atoms with Crippen molar-refractivity contribution < 1.29 is 14.6 Å². The molecule has 2 aromatic rings. The molecule has 31 heavy (non-hydrogen) atoms. The van der Waals surface area contributed by atoms with Gasteiger partial charge in [-0.1, -0.05) is 27.4 Å². The molecule has 0 bridgehead atoms. The zero-order chi connectivity index (χ0) is 23.2. The molecule has 0 aliphatic heterocycles. The largest absolute Gasteiger partial charge is 0.417 e. The van der Waals surface area contributed by atoms with Gasteiger partial charge in [-0.05, 0) is 36.3 Å². The molecule has 0 saturated heterocycles. The monoisotopic (exact) mass is 451 g/mol. The van der Waals surface area contributed by atoms with Crippen molar-refractivity contribution in [3.8, 4) is 6.07 Å². The zero-order valence-electron chi connectivity index (χ0n) is 18.0. The van der Waals surface area contributed by atoms with Crippen molar-refractivity contribution in [2.45, 2.75) is 50.1 Å². The lowest BCUT2D eigenvalue weighted by Gasteiger charge is -2.18. The van der Waals surface area contributed by atoms with Gasteiger partial charge in [-0.25, -0.2) is 4.98 Å². The Balaban J connectivity index is 0.00000166. The maximum atomic E-state index is 13.1. The number of alkyl halides is 3. The van der Waals surface area contributed by atoms with E-state index in [1.54, 1.807) is 25.0 Å². The number of rotatable bonds is 7. The average molecular weight is 452 g/mol. The van der Waals surface area contributed by atoms with Crippen LogP contribution in [0.5, 0.6) is 0 Å². The van der Waals surface area contributed by atoms with Gasteiger partial charge in [0.05, 0.1) is 34.1 Å². The van der Waals surface area contributed by atoms with Crippen molar-refractivity contribution in [3.05, 3.63) is 47.9 Å². The summed E-state index contributed by atoms with van der Waals surface area (Å²) >= 11 is 1.54. The molecular formula is C22H28F3N5S. The lowest BCUT2D eigenvalue weighted by molar-refractivity contribution is -0.137. The maximum absolute atomic E-state index is 13.1. The van der Waals surface area contributed by atoms with E-state index in [1.807, 2.05) is 26.8 Å². The van der Waals surface area contributed by atoms with Crippen molar-refractivity contribution in [2.75, 3.05) is 23.4 Å². The predicted molar refractivity (Wildman–Crippen MR) is 122 cm³/mol. The molecule has 2 heterocycles. The fraction of sp³-hybridized carbons (Fsp3) is 0.409. The lowest BCUT2D eigenvalue weighted by atomic mass is 9.99. The number of nitrogens with zero attached hydrogens (tertiary/aromatic N) is 3. The van der Waals surface area contributed by atoms with Crippen molar-refractivity contribution in [3.63, 3.8) is 0 Å². The Morgan fingerprint density at radius 3 is 2.48 bits per heavy atom. The third-order valence-corrected chi connectivity index (χ3v) is 5.60. The Labute approximate surface area is 186 Å². The molecule has 0 atom stereocenters. The molecule has 0 amide bonds. The molecule has 0 spiro atoms. The molecule has 0 aromatic carbocycles. The highest BCUT2D eigenvalue weighted by Crippen LogP contribution is 2.48. The van der Waals surface area contributed by atoms with Crippen LogP contribution in [-0.4, -0.2) is 22.8 Å². The molecule has 3 rings (SSSR count). The topological polar surface area (TPSA) is 73.6 Å². The lowest BCUT2D eigenvalue weighted by Crippen LogP contribution is -2.11. The van der Waals surface area contributed by atoms with Gasteiger partial charge in [-0.3, -0.25) is 4.98 Å². The Morgan fingerprint density at radius 1 is 1.29 bits per heavy atom. The first-order valence-corrected chi connectivity index (χ1v) is 11.0. The number of nitriles is 1. The van der Waals surface area contributed by atoms with Crippen molar-refractivity contribution in [1.29, 1.82) is 5.26 Å². The molecule has 5 nitrogen and oxygen atoms in total. The van der Waals surface area contributed by atoms with Gasteiger partial charge in [-0.2, -0.15) is 18.4 Å². The number of nitrogens with one attached hydrogen (secondary N) is 2. The molecular weight excluding hydrogens is 423 g/mol. The zero-order valence-corrected chi connectivity index (χ0v) is 18.8. The molecule has 0 radical (unpaired) electrons. The normalized spacial score (nSPS) is 14.0. The second-order valence-electron chi connectivity index (χ2n) is 6.67.